The highest BCUT2D eigenvalue weighted by molar-refractivity contribution is 5.87. The van der Waals surface area contributed by atoms with E-state index in [1.54, 1.807) is 4.90 Å². The van der Waals surface area contributed by atoms with E-state index in [4.69, 9.17) is 9.51 Å². The van der Waals surface area contributed by atoms with Crippen molar-refractivity contribution in [1.82, 2.24) is 20.4 Å². The number of nitrogens with one attached hydrogen (secondary N) is 1. The van der Waals surface area contributed by atoms with Crippen molar-refractivity contribution in [2.75, 3.05) is 0 Å². The van der Waals surface area contributed by atoms with Gasteiger partial charge in [0.05, 0.1) is 18.2 Å². The van der Waals surface area contributed by atoms with Crippen LogP contribution in [-0.2, 0) is 13.0 Å². The third kappa shape index (κ3) is 4.79. The molecule has 1 atom stereocenters. The Hall–Kier alpha value is -4.19. The second-order valence-electron chi connectivity index (χ2n) is 9.71. The zero-order valence-corrected chi connectivity index (χ0v) is 22.0. The van der Waals surface area contributed by atoms with Crippen molar-refractivity contribution in [2.45, 2.75) is 53.6 Å². The fourth-order valence-electron chi connectivity index (χ4n) is 4.74. The van der Waals surface area contributed by atoms with Crippen LogP contribution in [0.2, 0.25) is 0 Å². The molecular weight excluding hydrogens is 460 g/mol. The predicted octanol–water partition coefficient (Wildman–Crippen LogP) is 6.92. The molecule has 6 heteroatoms. The minimum Gasteiger partial charge on any atom is -0.334 e. The normalized spacial score (nSPS) is 15.8. The number of benzene rings is 3. The number of amides is 2. The van der Waals surface area contributed by atoms with E-state index in [1.807, 2.05) is 31.2 Å². The monoisotopic (exact) mass is 492 g/mol. The highest BCUT2D eigenvalue weighted by atomic mass is 16.5. The number of urea groups is 1. The summed E-state index contributed by atoms with van der Waals surface area (Å²) in [4.78, 5) is 20.0. The molecule has 6 nitrogen and oxygen atoms in total. The van der Waals surface area contributed by atoms with Crippen LogP contribution in [0.15, 0.2) is 77.0 Å². The summed E-state index contributed by atoms with van der Waals surface area (Å²) in [5.41, 5.74) is 9.31. The third-order valence-corrected chi connectivity index (χ3v) is 7.33. The van der Waals surface area contributed by atoms with Gasteiger partial charge in [-0.3, -0.25) is 4.90 Å². The maximum Gasteiger partial charge on any atom is 0.322 e. The standard InChI is InChI=1S/C31H32N4O2/c1-6-23-12-15-24(16-13-23)29-33-30(37-34-29)27-22(5)35(18-26-10-8-7-9-20(26)3)31(36)32-28(27)25-14-11-19(2)21(4)17-25/h7-17,28H,6,18H2,1-5H3,(H,32,36). The molecule has 1 aliphatic rings. The van der Waals surface area contributed by atoms with Crippen molar-refractivity contribution < 1.29 is 9.32 Å². The lowest BCUT2D eigenvalue weighted by Gasteiger charge is -2.35. The number of aromatic nitrogens is 2. The molecule has 4 aromatic rings. The van der Waals surface area contributed by atoms with Gasteiger partial charge >= 0.3 is 6.03 Å². The minimum atomic E-state index is -0.407. The van der Waals surface area contributed by atoms with Gasteiger partial charge in [-0.05, 0) is 67.5 Å². The van der Waals surface area contributed by atoms with Gasteiger partial charge in [-0.15, -0.1) is 0 Å². The SMILES string of the molecule is CCc1ccc(-c2noc(C3=C(C)N(Cc4ccccc4C)C(=O)NC3c3ccc(C)c(C)c3)n2)cc1. The summed E-state index contributed by atoms with van der Waals surface area (Å²) >= 11 is 0. The largest absolute Gasteiger partial charge is 0.334 e. The van der Waals surface area contributed by atoms with Gasteiger partial charge in [-0.25, -0.2) is 4.79 Å². The Morgan fingerprint density at radius 1 is 0.919 bits per heavy atom. The smallest absolute Gasteiger partial charge is 0.322 e. The first-order chi connectivity index (χ1) is 17.9. The molecule has 0 bridgehead atoms. The van der Waals surface area contributed by atoms with Crippen molar-refractivity contribution in [3.8, 4) is 11.4 Å². The molecular formula is C31H32N4O2. The van der Waals surface area contributed by atoms with Crippen molar-refractivity contribution in [2.24, 2.45) is 0 Å². The highest BCUT2D eigenvalue weighted by Gasteiger charge is 2.36. The molecule has 2 amide bonds. The van der Waals surface area contributed by atoms with Crippen LogP contribution in [0, 0.1) is 20.8 Å². The Morgan fingerprint density at radius 2 is 1.68 bits per heavy atom. The number of allylic oxidation sites excluding steroid dienone is 1. The average Bonchev–Trinajstić information content (AvgIpc) is 3.38. The van der Waals surface area contributed by atoms with E-state index in [-0.39, 0.29) is 6.03 Å². The number of hydrogen-bond acceptors (Lipinski definition) is 4. The van der Waals surface area contributed by atoms with Gasteiger partial charge in [0.25, 0.3) is 5.89 Å². The van der Waals surface area contributed by atoms with Crippen LogP contribution < -0.4 is 5.32 Å². The number of rotatable bonds is 6. The Labute approximate surface area is 218 Å². The first-order valence-corrected chi connectivity index (χ1v) is 12.7. The Morgan fingerprint density at radius 3 is 2.38 bits per heavy atom. The van der Waals surface area contributed by atoms with Crippen LogP contribution in [0.4, 0.5) is 4.79 Å². The molecule has 0 saturated carbocycles. The van der Waals surface area contributed by atoms with E-state index < -0.39 is 6.04 Å². The van der Waals surface area contributed by atoms with Gasteiger partial charge < -0.3 is 9.84 Å². The topological polar surface area (TPSA) is 71.3 Å². The van der Waals surface area contributed by atoms with Gasteiger partial charge in [0.1, 0.15) is 0 Å². The number of carbonyl (C=O) groups excluding carboxylic acids is 1. The lowest BCUT2D eigenvalue weighted by molar-refractivity contribution is 0.203. The molecule has 5 rings (SSSR count). The zero-order valence-electron chi connectivity index (χ0n) is 22.0. The van der Waals surface area contributed by atoms with E-state index in [9.17, 15) is 4.79 Å². The van der Waals surface area contributed by atoms with Crippen LogP contribution in [0.25, 0.3) is 17.0 Å². The number of nitrogens with zero attached hydrogens (tertiary/aromatic N) is 3. The summed E-state index contributed by atoms with van der Waals surface area (Å²) in [6.45, 7) is 10.8. The zero-order chi connectivity index (χ0) is 26.1. The van der Waals surface area contributed by atoms with Crippen molar-refractivity contribution in [3.63, 3.8) is 0 Å². The van der Waals surface area contributed by atoms with Gasteiger partial charge in [-0.2, -0.15) is 4.98 Å². The minimum absolute atomic E-state index is 0.150. The summed E-state index contributed by atoms with van der Waals surface area (Å²) in [6.07, 6.45) is 0.970. The second-order valence-corrected chi connectivity index (χ2v) is 9.71. The maximum atomic E-state index is 13.4. The molecule has 1 N–H and O–H groups in total. The molecule has 0 fully saturated rings. The summed E-state index contributed by atoms with van der Waals surface area (Å²) in [5.74, 6) is 0.934. The van der Waals surface area contributed by atoms with Gasteiger partial charge in [0.15, 0.2) is 0 Å². The summed E-state index contributed by atoms with van der Waals surface area (Å²) in [5, 5.41) is 7.52. The van der Waals surface area contributed by atoms with Crippen LogP contribution >= 0.6 is 0 Å². The molecule has 2 heterocycles. The van der Waals surface area contributed by atoms with E-state index in [2.05, 4.69) is 80.6 Å². The molecule has 1 aromatic heterocycles. The van der Waals surface area contributed by atoms with Crippen molar-refractivity contribution >= 4 is 11.6 Å². The van der Waals surface area contributed by atoms with E-state index in [0.717, 1.165) is 45.5 Å². The molecule has 37 heavy (non-hydrogen) atoms. The maximum absolute atomic E-state index is 13.4. The van der Waals surface area contributed by atoms with E-state index in [0.29, 0.717) is 18.3 Å². The third-order valence-electron chi connectivity index (χ3n) is 7.33. The summed E-state index contributed by atoms with van der Waals surface area (Å²) in [6, 6.07) is 22.0. The number of aryl methyl sites for hydroxylation is 4. The molecule has 3 aromatic carbocycles. The molecule has 0 radical (unpaired) electrons. The Bertz CT molecular complexity index is 1480. The Balaban J connectivity index is 1.60. The van der Waals surface area contributed by atoms with Crippen molar-refractivity contribution in [3.05, 3.63) is 112 Å². The predicted molar refractivity (Wildman–Crippen MR) is 146 cm³/mol. The highest BCUT2D eigenvalue weighted by Crippen LogP contribution is 2.38. The van der Waals surface area contributed by atoms with Crippen LogP contribution in [-0.4, -0.2) is 21.1 Å². The van der Waals surface area contributed by atoms with Gasteiger partial charge in [0.2, 0.25) is 5.82 Å². The Kier molecular flexibility index (Phi) is 6.66. The molecule has 1 aliphatic heterocycles. The lowest BCUT2D eigenvalue weighted by Crippen LogP contribution is -2.45. The molecule has 188 valence electrons. The second kappa shape index (κ2) is 10.1. The number of hydrogen-bond donors (Lipinski definition) is 1. The summed E-state index contributed by atoms with van der Waals surface area (Å²) in [7, 11) is 0. The van der Waals surface area contributed by atoms with Crippen LogP contribution in [0.3, 0.4) is 0 Å². The average molecular weight is 493 g/mol. The van der Waals surface area contributed by atoms with Gasteiger partial charge in [-0.1, -0.05) is 78.8 Å². The first kappa shape index (κ1) is 24.5. The number of carbonyl (C=O) groups is 1. The fraction of sp³-hybridized carbons (Fsp3) is 0.258. The van der Waals surface area contributed by atoms with Crippen LogP contribution in [0.5, 0.6) is 0 Å². The summed E-state index contributed by atoms with van der Waals surface area (Å²) < 4.78 is 5.85. The quantitative estimate of drug-likeness (QED) is 0.317. The molecule has 1 unspecified atom stereocenters. The van der Waals surface area contributed by atoms with Gasteiger partial charge in [0, 0.05) is 11.3 Å². The molecule has 0 saturated heterocycles. The molecule has 0 spiro atoms. The van der Waals surface area contributed by atoms with Crippen molar-refractivity contribution in [1.29, 1.82) is 0 Å². The van der Waals surface area contributed by atoms with Crippen LogP contribution in [0.1, 0.15) is 59.2 Å². The van der Waals surface area contributed by atoms with E-state index >= 15 is 0 Å². The lowest BCUT2D eigenvalue weighted by atomic mass is 9.92. The molecule has 0 aliphatic carbocycles. The van der Waals surface area contributed by atoms with E-state index in [1.165, 1.54) is 11.1 Å². The first-order valence-electron chi connectivity index (χ1n) is 12.7. The fourth-order valence-corrected chi connectivity index (χ4v) is 4.74.